The third-order valence-corrected chi connectivity index (χ3v) is 8.16. The molecule has 32 heavy (non-hydrogen) atoms. The zero-order valence-corrected chi connectivity index (χ0v) is 19.8. The molecule has 1 saturated heterocycles. The lowest BCUT2D eigenvalue weighted by atomic mass is 9.93. The molecule has 10 heteroatoms. The molecule has 0 atom stereocenters. The molecular weight excluding hydrogens is 472 g/mol. The van der Waals surface area contributed by atoms with Crippen LogP contribution in [0.25, 0.3) is 5.69 Å². The van der Waals surface area contributed by atoms with Crippen LogP contribution in [0.3, 0.4) is 0 Å². The summed E-state index contributed by atoms with van der Waals surface area (Å²) in [5.41, 5.74) is -0.189. The molecule has 2 N–H and O–H groups in total. The van der Waals surface area contributed by atoms with Crippen LogP contribution in [0, 0.1) is 5.92 Å². The fourth-order valence-electron chi connectivity index (χ4n) is 3.79. The van der Waals surface area contributed by atoms with Gasteiger partial charge in [-0.15, -0.1) is 7.92 Å². The largest absolute Gasteiger partial charge is 0.508 e. The third kappa shape index (κ3) is 5.17. The molecule has 168 valence electrons. The molecule has 0 unspecified atom stereocenters. The van der Waals surface area contributed by atoms with Gasteiger partial charge in [0.15, 0.2) is 5.75 Å². The number of phenolic OH excluding ortho intramolecular Hbond substituents is 1. The monoisotopic (exact) mass is 493 g/mol. The van der Waals surface area contributed by atoms with Crippen LogP contribution in [0.1, 0.15) is 18.4 Å². The van der Waals surface area contributed by atoms with E-state index in [1.54, 1.807) is 12.1 Å². The van der Waals surface area contributed by atoms with E-state index in [9.17, 15) is 14.7 Å². The quantitative estimate of drug-likeness (QED) is 0.498. The van der Waals surface area contributed by atoms with Crippen molar-refractivity contribution in [3.8, 4) is 22.9 Å². The Kier molecular flexibility index (Phi) is 6.89. The number of rotatable bonds is 5. The molecule has 2 heterocycles. The van der Waals surface area contributed by atoms with Crippen LogP contribution in [0.5, 0.6) is 17.2 Å². The first-order chi connectivity index (χ1) is 15.3. The average molecular weight is 494 g/mol. The van der Waals surface area contributed by atoms with Crippen LogP contribution < -0.4 is 16.0 Å². The number of ether oxygens (including phenoxy) is 1. The first-order valence-corrected chi connectivity index (χ1v) is 13.1. The first-order valence-electron chi connectivity index (χ1n) is 10.2. The van der Waals surface area contributed by atoms with E-state index in [0.29, 0.717) is 11.7 Å². The van der Waals surface area contributed by atoms with Crippen LogP contribution in [0.15, 0.2) is 46.1 Å². The predicted molar refractivity (Wildman–Crippen MR) is 128 cm³/mol. The van der Waals surface area contributed by atoms with Gasteiger partial charge in [-0.2, -0.15) is 9.78 Å². The SMILES string of the molecule is CP1CCC(Cc2cc(Oc3c(Cl)cc(-n4ncc(=O)[nH]c4=O)cc3Cl)ccc2O)CC1. The van der Waals surface area contributed by atoms with E-state index in [4.69, 9.17) is 27.9 Å². The Morgan fingerprint density at radius 3 is 2.53 bits per heavy atom. The number of hydrogen-bond donors (Lipinski definition) is 2. The van der Waals surface area contributed by atoms with Gasteiger partial charge in [-0.25, -0.2) is 4.79 Å². The van der Waals surface area contributed by atoms with E-state index in [2.05, 4.69) is 16.7 Å². The Labute approximate surface area is 195 Å². The maximum absolute atomic E-state index is 12.0. The van der Waals surface area contributed by atoms with E-state index in [1.165, 1.54) is 37.3 Å². The minimum Gasteiger partial charge on any atom is -0.508 e. The second kappa shape index (κ2) is 9.65. The summed E-state index contributed by atoms with van der Waals surface area (Å²) in [7, 11) is 0.169. The van der Waals surface area contributed by atoms with Crippen molar-refractivity contribution in [3.05, 3.63) is 73.0 Å². The molecule has 1 aromatic heterocycles. The lowest BCUT2D eigenvalue weighted by molar-refractivity contribution is 0.435. The van der Waals surface area contributed by atoms with Gasteiger partial charge in [0, 0.05) is 0 Å². The van der Waals surface area contributed by atoms with Gasteiger partial charge in [0.2, 0.25) is 0 Å². The summed E-state index contributed by atoms with van der Waals surface area (Å²) in [5.74, 6) is 1.53. The van der Waals surface area contributed by atoms with Crippen LogP contribution in [0.4, 0.5) is 0 Å². The topological polar surface area (TPSA) is 97.2 Å². The molecule has 0 radical (unpaired) electrons. The minimum atomic E-state index is -0.708. The zero-order valence-electron chi connectivity index (χ0n) is 17.3. The molecule has 1 aliphatic heterocycles. The Morgan fingerprint density at radius 2 is 1.88 bits per heavy atom. The smallest absolute Gasteiger partial charge is 0.349 e. The number of nitrogens with one attached hydrogen (secondary N) is 1. The Bertz CT molecular complexity index is 1230. The van der Waals surface area contributed by atoms with Crippen molar-refractivity contribution >= 4 is 31.1 Å². The van der Waals surface area contributed by atoms with Crippen LogP contribution >= 0.6 is 31.1 Å². The van der Waals surface area contributed by atoms with Gasteiger partial charge in [-0.1, -0.05) is 23.2 Å². The molecule has 0 saturated carbocycles. The van der Waals surface area contributed by atoms with Crippen molar-refractivity contribution in [2.24, 2.45) is 5.92 Å². The number of aromatic hydroxyl groups is 1. The summed E-state index contributed by atoms with van der Waals surface area (Å²) in [5, 5.41) is 14.5. The second-order valence-corrected chi connectivity index (χ2v) is 11.4. The number of H-pyrrole nitrogens is 1. The van der Waals surface area contributed by atoms with E-state index < -0.39 is 11.2 Å². The second-order valence-electron chi connectivity index (χ2n) is 7.93. The summed E-state index contributed by atoms with van der Waals surface area (Å²) in [4.78, 5) is 25.4. The molecule has 0 bridgehead atoms. The van der Waals surface area contributed by atoms with Crippen molar-refractivity contribution in [1.82, 2.24) is 14.8 Å². The van der Waals surface area contributed by atoms with Crippen molar-refractivity contribution in [2.45, 2.75) is 19.3 Å². The van der Waals surface area contributed by atoms with Crippen molar-refractivity contribution in [1.29, 1.82) is 0 Å². The van der Waals surface area contributed by atoms with Gasteiger partial charge in [0.1, 0.15) is 17.7 Å². The predicted octanol–water partition coefficient (Wildman–Crippen LogP) is 4.79. The number of hydrogen-bond acceptors (Lipinski definition) is 5. The van der Waals surface area contributed by atoms with Gasteiger partial charge >= 0.3 is 5.69 Å². The maximum Gasteiger partial charge on any atom is 0.349 e. The lowest BCUT2D eigenvalue weighted by Gasteiger charge is -2.26. The Balaban J connectivity index is 1.57. The van der Waals surface area contributed by atoms with Gasteiger partial charge in [-0.05, 0) is 80.1 Å². The summed E-state index contributed by atoms with van der Waals surface area (Å²) in [6.45, 7) is 2.35. The Hall–Kier alpha value is -2.34. The summed E-state index contributed by atoms with van der Waals surface area (Å²) in [6.07, 6.45) is 6.71. The van der Waals surface area contributed by atoms with Gasteiger partial charge in [0.25, 0.3) is 5.56 Å². The number of halogens is 2. The molecule has 1 aliphatic rings. The normalized spacial score (nSPS) is 18.5. The van der Waals surface area contributed by atoms with Crippen LogP contribution in [-0.4, -0.2) is 38.9 Å². The highest BCUT2D eigenvalue weighted by Gasteiger charge is 2.20. The molecule has 1 fully saturated rings. The highest BCUT2D eigenvalue weighted by Crippen LogP contribution is 2.42. The number of nitrogens with zero attached hydrogens (tertiary/aromatic N) is 2. The van der Waals surface area contributed by atoms with E-state index in [1.807, 2.05) is 6.07 Å². The fourth-order valence-corrected chi connectivity index (χ4v) is 6.18. The van der Waals surface area contributed by atoms with Crippen molar-refractivity contribution < 1.29 is 9.84 Å². The highest BCUT2D eigenvalue weighted by molar-refractivity contribution is 7.56. The van der Waals surface area contributed by atoms with Gasteiger partial charge in [0.05, 0.1) is 15.7 Å². The van der Waals surface area contributed by atoms with Crippen molar-refractivity contribution in [3.63, 3.8) is 0 Å². The summed E-state index contributed by atoms with van der Waals surface area (Å²) >= 11 is 12.8. The average Bonchev–Trinajstić information content (AvgIpc) is 2.74. The number of phenols is 1. The Morgan fingerprint density at radius 1 is 1.19 bits per heavy atom. The third-order valence-electron chi connectivity index (χ3n) is 5.56. The zero-order chi connectivity index (χ0) is 22.8. The van der Waals surface area contributed by atoms with E-state index in [0.717, 1.165) is 22.9 Å². The van der Waals surface area contributed by atoms with Crippen molar-refractivity contribution in [2.75, 3.05) is 19.0 Å². The molecule has 7 nitrogen and oxygen atoms in total. The van der Waals surface area contributed by atoms with Crippen LogP contribution in [-0.2, 0) is 6.42 Å². The first kappa shape index (κ1) is 22.8. The molecular formula is C22H22Cl2N3O4P. The summed E-state index contributed by atoms with van der Waals surface area (Å²) in [6, 6.07) is 8.02. The maximum atomic E-state index is 12.0. The number of aromatic nitrogens is 3. The molecule has 0 aliphatic carbocycles. The van der Waals surface area contributed by atoms with Crippen LogP contribution in [0.2, 0.25) is 10.0 Å². The number of aromatic amines is 1. The highest BCUT2D eigenvalue weighted by atomic mass is 35.5. The molecule has 0 amide bonds. The summed E-state index contributed by atoms with van der Waals surface area (Å²) < 4.78 is 6.92. The molecule has 0 spiro atoms. The lowest BCUT2D eigenvalue weighted by Crippen LogP contribution is -2.30. The van der Waals surface area contributed by atoms with E-state index in [-0.39, 0.29) is 35.2 Å². The molecule has 3 aromatic rings. The van der Waals surface area contributed by atoms with E-state index >= 15 is 0 Å². The fraction of sp³-hybridized carbons (Fsp3) is 0.318. The molecule has 4 rings (SSSR count). The molecule has 2 aromatic carbocycles. The van der Waals surface area contributed by atoms with Gasteiger partial charge in [-0.3, -0.25) is 9.78 Å². The standard InChI is InChI=1S/C22H22Cl2N3O4P/c1-32-6-4-13(5-7-32)8-14-9-16(2-3-19(14)28)31-21-17(23)10-15(11-18(21)24)27-22(30)26-20(29)12-25-27/h2-3,9-13,28H,4-8H2,1H3,(H,26,29,30). The number of benzene rings is 2. The van der Waals surface area contributed by atoms with Gasteiger partial charge < -0.3 is 9.84 Å². The minimum absolute atomic E-state index is 0.169.